The van der Waals surface area contributed by atoms with Crippen molar-refractivity contribution in [2.45, 2.75) is 6.54 Å². The first-order valence-corrected chi connectivity index (χ1v) is 8.52. The molecule has 8 nitrogen and oxygen atoms in total. The van der Waals surface area contributed by atoms with E-state index >= 15 is 0 Å². The number of H-pyrrole nitrogens is 1. The van der Waals surface area contributed by atoms with E-state index in [-0.39, 0.29) is 6.54 Å². The van der Waals surface area contributed by atoms with Crippen molar-refractivity contribution in [2.75, 3.05) is 18.5 Å². The van der Waals surface area contributed by atoms with Crippen molar-refractivity contribution >= 4 is 22.6 Å². The number of carbonyl (C=O) groups excluding carboxylic acids is 1. The van der Waals surface area contributed by atoms with Crippen LogP contribution in [0.4, 0.5) is 5.82 Å². The molecule has 3 N–H and O–H groups in total. The van der Waals surface area contributed by atoms with E-state index in [4.69, 9.17) is 5.73 Å². The van der Waals surface area contributed by atoms with Gasteiger partial charge in [0.05, 0.1) is 24.8 Å². The van der Waals surface area contributed by atoms with Gasteiger partial charge >= 0.3 is 0 Å². The highest BCUT2D eigenvalue weighted by Crippen LogP contribution is 2.28. The van der Waals surface area contributed by atoms with Gasteiger partial charge in [-0.05, 0) is 17.7 Å². The molecule has 136 valence electrons. The highest BCUT2D eigenvalue weighted by molar-refractivity contribution is 5.94. The fourth-order valence-corrected chi connectivity index (χ4v) is 3.04. The lowest BCUT2D eigenvalue weighted by atomic mass is 10.1. The third-order valence-electron chi connectivity index (χ3n) is 4.32. The average Bonchev–Trinajstić information content (AvgIpc) is 3.28. The fourth-order valence-electron chi connectivity index (χ4n) is 3.04. The Labute approximate surface area is 155 Å². The number of anilines is 1. The van der Waals surface area contributed by atoms with Crippen LogP contribution in [0.3, 0.4) is 0 Å². The summed E-state index contributed by atoms with van der Waals surface area (Å²) >= 11 is 0. The number of nitrogens with two attached hydrogens (primary N) is 1. The maximum atomic E-state index is 11.2. The number of amides is 1. The molecule has 0 bridgehead atoms. The number of rotatable bonds is 6. The van der Waals surface area contributed by atoms with Crippen molar-refractivity contribution in [3.8, 4) is 11.3 Å². The molecule has 0 aliphatic rings. The van der Waals surface area contributed by atoms with Crippen LogP contribution in [0.2, 0.25) is 0 Å². The number of benzene rings is 2. The van der Waals surface area contributed by atoms with E-state index in [1.54, 1.807) is 11.9 Å². The molecule has 0 fully saturated rings. The van der Waals surface area contributed by atoms with Gasteiger partial charge in [0.15, 0.2) is 5.82 Å². The van der Waals surface area contributed by atoms with Gasteiger partial charge < -0.3 is 10.6 Å². The van der Waals surface area contributed by atoms with Crippen molar-refractivity contribution in [1.82, 2.24) is 25.2 Å². The SMILES string of the molecule is CN(CC(N)=O)c1n[nH]c2ccc(-c3cn(Cc4ccccc4)nn3)cc12. The Morgan fingerprint density at radius 3 is 2.81 bits per heavy atom. The second-order valence-corrected chi connectivity index (χ2v) is 6.42. The Morgan fingerprint density at radius 2 is 2.04 bits per heavy atom. The maximum absolute atomic E-state index is 11.2. The van der Waals surface area contributed by atoms with Gasteiger partial charge in [0.2, 0.25) is 5.91 Å². The second-order valence-electron chi connectivity index (χ2n) is 6.42. The molecule has 0 spiro atoms. The van der Waals surface area contributed by atoms with Crippen molar-refractivity contribution in [2.24, 2.45) is 5.73 Å². The molecule has 2 aromatic carbocycles. The molecule has 0 saturated heterocycles. The molecule has 0 aliphatic heterocycles. The molecule has 27 heavy (non-hydrogen) atoms. The molecule has 0 unspecified atom stereocenters. The first-order chi connectivity index (χ1) is 13.1. The third-order valence-corrected chi connectivity index (χ3v) is 4.32. The Morgan fingerprint density at radius 1 is 1.22 bits per heavy atom. The number of fused-ring (bicyclic) bond motifs is 1. The minimum atomic E-state index is -0.409. The number of aromatic amines is 1. The van der Waals surface area contributed by atoms with Crippen LogP contribution in [0.5, 0.6) is 0 Å². The van der Waals surface area contributed by atoms with E-state index in [1.807, 2.05) is 47.3 Å². The largest absolute Gasteiger partial charge is 0.368 e. The summed E-state index contributed by atoms with van der Waals surface area (Å²) in [6.07, 6.45) is 1.92. The van der Waals surface area contributed by atoms with Gasteiger partial charge in [-0.15, -0.1) is 5.10 Å². The zero-order chi connectivity index (χ0) is 18.8. The summed E-state index contributed by atoms with van der Waals surface area (Å²) in [4.78, 5) is 12.9. The lowest BCUT2D eigenvalue weighted by molar-refractivity contribution is -0.116. The van der Waals surface area contributed by atoms with Gasteiger partial charge in [-0.25, -0.2) is 4.68 Å². The minimum absolute atomic E-state index is 0.0947. The molecule has 4 aromatic rings. The normalized spacial score (nSPS) is 11.0. The number of carbonyl (C=O) groups is 1. The van der Waals surface area contributed by atoms with Crippen molar-refractivity contribution < 1.29 is 4.79 Å². The van der Waals surface area contributed by atoms with E-state index in [0.717, 1.165) is 27.7 Å². The summed E-state index contributed by atoms with van der Waals surface area (Å²) in [5.41, 5.74) is 9.03. The molecular formula is C19H19N7O. The molecule has 0 radical (unpaired) electrons. The number of nitrogens with zero attached hydrogens (tertiary/aromatic N) is 5. The number of hydrogen-bond donors (Lipinski definition) is 2. The third kappa shape index (κ3) is 3.50. The van der Waals surface area contributed by atoms with Gasteiger partial charge in [0.25, 0.3) is 0 Å². The predicted octanol–water partition coefficient (Wildman–Crippen LogP) is 1.79. The molecule has 1 amide bonds. The van der Waals surface area contributed by atoms with Crippen LogP contribution in [0.1, 0.15) is 5.56 Å². The summed E-state index contributed by atoms with van der Waals surface area (Å²) in [6.45, 7) is 0.756. The Bertz CT molecular complexity index is 1080. The topological polar surface area (TPSA) is 106 Å². The van der Waals surface area contributed by atoms with E-state index in [0.29, 0.717) is 12.4 Å². The van der Waals surface area contributed by atoms with Gasteiger partial charge in [-0.1, -0.05) is 41.6 Å². The smallest absolute Gasteiger partial charge is 0.236 e. The molecule has 0 aliphatic carbocycles. The lowest BCUT2D eigenvalue weighted by Crippen LogP contribution is -2.30. The summed E-state index contributed by atoms with van der Waals surface area (Å²) in [6, 6.07) is 16.0. The summed E-state index contributed by atoms with van der Waals surface area (Å²) in [7, 11) is 1.78. The monoisotopic (exact) mass is 361 g/mol. The van der Waals surface area contributed by atoms with Gasteiger partial charge in [0, 0.05) is 18.0 Å². The Kier molecular flexibility index (Phi) is 4.29. The zero-order valence-electron chi connectivity index (χ0n) is 14.8. The Balaban J connectivity index is 1.63. The van der Waals surface area contributed by atoms with Gasteiger partial charge in [-0.2, -0.15) is 5.10 Å². The highest BCUT2D eigenvalue weighted by Gasteiger charge is 2.14. The molecule has 8 heteroatoms. The predicted molar refractivity (Wildman–Crippen MR) is 103 cm³/mol. The number of aromatic nitrogens is 5. The van der Waals surface area contributed by atoms with Crippen LogP contribution >= 0.6 is 0 Å². The molecule has 4 rings (SSSR count). The maximum Gasteiger partial charge on any atom is 0.236 e. The number of likely N-dealkylation sites (N-methyl/N-ethyl adjacent to an activating group) is 1. The summed E-state index contributed by atoms with van der Waals surface area (Å²) in [5.74, 6) is 0.260. The lowest BCUT2D eigenvalue weighted by Gasteiger charge is -2.14. The van der Waals surface area contributed by atoms with Crippen LogP contribution in [0.25, 0.3) is 22.2 Å². The van der Waals surface area contributed by atoms with Crippen LogP contribution in [-0.2, 0) is 11.3 Å². The molecule has 2 aromatic heterocycles. The van der Waals surface area contributed by atoms with E-state index in [9.17, 15) is 4.79 Å². The molecule has 2 heterocycles. The Hall–Kier alpha value is -3.68. The first-order valence-electron chi connectivity index (χ1n) is 8.52. The summed E-state index contributed by atoms with van der Waals surface area (Å²) < 4.78 is 1.81. The quantitative estimate of drug-likeness (QED) is 0.545. The van der Waals surface area contributed by atoms with Crippen molar-refractivity contribution in [3.05, 3.63) is 60.3 Å². The van der Waals surface area contributed by atoms with Crippen LogP contribution < -0.4 is 10.6 Å². The van der Waals surface area contributed by atoms with E-state index in [2.05, 4.69) is 32.6 Å². The van der Waals surface area contributed by atoms with Crippen LogP contribution in [-0.4, -0.2) is 44.7 Å². The van der Waals surface area contributed by atoms with Crippen LogP contribution in [0, 0.1) is 0 Å². The number of nitrogens with one attached hydrogen (secondary N) is 1. The molecular weight excluding hydrogens is 342 g/mol. The van der Waals surface area contributed by atoms with Crippen molar-refractivity contribution in [3.63, 3.8) is 0 Å². The number of primary amides is 1. The average molecular weight is 361 g/mol. The first kappa shape index (κ1) is 16.8. The van der Waals surface area contributed by atoms with Crippen LogP contribution in [0.15, 0.2) is 54.7 Å². The van der Waals surface area contributed by atoms with Gasteiger partial charge in [0.1, 0.15) is 5.69 Å². The standard InChI is InChI=1S/C19H19N7O/c1-25(12-18(20)27)19-15-9-14(7-8-16(15)21-23-19)17-11-26(24-22-17)10-13-5-3-2-4-6-13/h2-9,11H,10,12H2,1H3,(H2,20,27)(H,21,23). The molecule has 0 saturated carbocycles. The highest BCUT2D eigenvalue weighted by atomic mass is 16.1. The van der Waals surface area contributed by atoms with E-state index < -0.39 is 5.91 Å². The van der Waals surface area contributed by atoms with Gasteiger partial charge in [-0.3, -0.25) is 9.89 Å². The fraction of sp³-hybridized carbons (Fsp3) is 0.158. The number of hydrogen-bond acceptors (Lipinski definition) is 5. The molecule has 0 atom stereocenters. The van der Waals surface area contributed by atoms with Crippen molar-refractivity contribution in [1.29, 1.82) is 0 Å². The summed E-state index contributed by atoms with van der Waals surface area (Å²) in [5, 5.41) is 16.7. The van der Waals surface area contributed by atoms with E-state index in [1.165, 1.54) is 0 Å². The zero-order valence-corrected chi connectivity index (χ0v) is 14.8. The second kappa shape index (κ2) is 6.91. The minimum Gasteiger partial charge on any atom is -0.368 e.